The molecule has 1 aromatic rings. The number of carboxylic acids is 1. The number of aryl methyl sites for hydroxylation is 2. The first kappa shape index (κ1) is 12.4. The molecule has 2 saturated carbocycles. The van der Waals surface area contributed by atoms with Gasteiger partial charge < -0.3 is 5.11 Å². The smallest absolute Gasteiger partial charge is 0.310 e. The molecule has 0 heterocycles. The van der Waals surface area contributed by atoms with Crippen molar-refractivity contribution in [1.82, 2.24) is 0 Å². The SMILES string of the molecule is O=C(O)C1(Cc2ccc3c(c2)CCC3)CC2CCC1C2. The van der Waals surface area contributed by atoms with Crippen LogP contribution in [0, 0.1) is 17.3 Å². The van der Waals surface area contributed by atoms with Crippen molar-refractivity contribution in [2.45, 2.75) is 51.4 Å². The van der Waals surface area contributed by atoms with Crippen LogP contribution in [0.5, 0.6) is 0 Å². The molecule has 0 saturated heterocycles. The highest BCUT2D eigenvalue weighted by molar-refractivity contribution is 5.76. The van der Waals surface area contributed by atoms with Gasteiger partial charge in [0, 0.05) is 0 Å². The van der Waals surface area contributed by atoms with Crippen LogP contribution in [0.25, 0.3) is 0 Å². The normalized spacial score (nSPS) is 34.4. The van der Waals surface area contributed by atoms with Crippen LogP contribution >= 0.6 is 0 Å². The molecule has 4 rings (SSSR count). The molecule has 3 aliphatic rings. The molecule has 2 fully saturated rings. The van der Waals surface area contributed by atoms with Gasteiger partial charge in [0.15, 0.2) is 0 Å². The molecule has 3 unspecified atom stereocenters. The summed E-state index contributed by atoms with van der Waals surface area (Å²) in [5.74, 6) is 0.536. The van der Waals surface area contributed by atoms with Crippen molar-refractivity contribution in [2.24, 2.45) is 17.3 Å². The van der Waals surface area contributed by atoms with Gasteiger partial charge in [-0.15, -0.1) is 0 Å². The van der Waals surface area contributed by atoms with Gasteiger partial charge in [0.05, 0.1) is 5.41 Å². The molecule has 0 radical (unpaired) electrons. The summed E-state index contributed by atoms with van der Waals surface area (Å²) in [6, 6.07) is 6.71. The topological polar surface area (TPSA) is 37.3 Å². The van der Waals surface area contributed by atoms with Gasteiger partial charge >= 0.3 is 5.97 Å². The number of carbonyl (C=O) groups is 1. The molecular weight excluding hydrogens is 248 g/mol. The van der Waals surface area contributed by atoms with Crippen LogP contribution in [-0.4, -0.2) is 11.1 Å². The summed E-state index contributed by atoms with van der Waals surface area (Å²) in [7, 11) is 0. The average molecular weight is 270 g/mol. The molecule has 2 nitrogen and oxygen atoms in total. The molecule has 0 aliphatic heterocycles. The second-order valence-corrected chi connectivity index (χ2v) is 7.17. The lowest BCUT2D eigenvalue weighted by atomic mass is 9.69. The van der Waals surface area contributed by atoms with Crippen molar-refractivity contribution >= 4 is 5.97 Å². The van der Waals surface area contributed by atoms with Crippen LogP contribution in [0.4, 0.5) is 0 Å². The Labute approximate surface area is 120 Å². The molecule has 3 aliphatic carbocycles. The Kier molecular flexibility index (Phi) is 2.70. The molecular formula is C18H22O2. The van der Waals surface area contributed by atoms with E-state index in [0.717, 1.165) is 25.7 Å². The third-order valence-electron chi connectivity index (χ3n) is 6.08. The lowest BCUT2D eigenvalue weighted by Gasteiger charge is -2.33. The van der Waals surface area contributed by atoms with Gasteiger partial charge in [-0.2, -0.15) is 0 Å². The van der Waals surface area contributed by atoms with E-state index >= 15 is 0 Å². The Morgan fingerprint density at radius 2 is 2.10 bits per heavy atom. The molecule has 1 aromatic carbocycles. The van der Waals surface area contributed by atoms with Crippen molar-refractivity contribution in [1.29, 1.82) is 0 Å². The van der Waals surface area contributed by atoms with Crippen molar-refractivity contribution in [3.05, 3.63) is 34.9 Å². The highest BCUT2D eigenvalue weighted by atomic mass is 16.4. The standard InChI is InChI=1S/C18H22O2/c19-17(20)18(11-13-5-7-16(18)9-13)10-12-4-6-14-2-1-3-15(14)8-12/h4,6,8,13,16H,1-3,5,7,9-11H2,(H,19,20). The molecule has 106 valence electrons. The second kappa shape index (κ2) is 4.34. The van der Waals surface area contributed by atoms with E-state index in [4.69, 9.17) is 0 Å². The summed E-state index contributed by atoms with van der Waals surface area (Å²) in [5.41, 5.74) is 3.73. The zero-order valence-electron chi connectivity index (χ0n) is 11.9. The fourth-order valence-corrected chi connectivity index (χ4v) is 5.10. The van der Waals surface area contributed by atoms with Crippen molar-refractivity contribution in [3.63, 3.8) is 0 Å². The first-order valence-corrected chi connectivity index (χ1v) is 8.01. The van der Waals surface area contributed by atoms with E-state index in [1.165, 1.54) is 42.4 Å². The maximum absolute atomic E-state index is 12.0. The predicted octanol–water partition coefficient (Wildman–Crippen LogP) is 3.61. The molecule has 0 aromatic heterocycles. The van der Waals surface area contributed by atoms with Crippen LogP contribution in [-0.2, 0) is 24.1 Å². The largest absolute Gasteiger partial charge is 0.481 e. The molecule has 1 N–H and O–H groups in total. The number of hydrogen-bond donors (Lipinski definition) is 1. The van der Waals surface area contributed by atoms with Crippen LogP contribution in [0.3, 0.4) is 0 Å². The minimum Gasteiger partial charge on any atom is -0.481 e. The Bertz CT molecular complexity index is 563. The fourth-order valence-electron chi connectivity index (χ4n) is 5.10. The van der Waals surface area contributed by atoms with E-state index in [0.29, 0.717) is 11.8 Å². The minimum absolute atomic E-state index is 0.415. The number of carboxylic acid groups (broad SMARTS) is 1. The first-order chi connectivity index (χ1) is 9.67. The Morgan fingerprint density at radius 3 is 2.80 bits per heavy atom. The highest BCUT2D eigenvalue weighted by Gasteiger charge is 2.55. The van der Waals surface area contributed by atoms with Gasteiger partial charge in [-0.25, -0.2) is 0 Å². The summed E-state index contributed by atoms with van der Waals surface area (Å²) in [6.45, 7) is 0. The summed E-state index contributed by atoms with van der Waals surface area (Å²) >= 11 is 0. The maximum Gasteiger partial charge on any atom is 0.310 e. The first-order valence-electron chi connectivity index (χ1n) is 8.01. The van der Waals surface area contributed by atoms with Crippen LogP contribution in [0.1, 0.15) is 48.8 Å². The lowest BCUT2D eigenvalue weighted by Crippen LogP contribution is -2.38. The number of benzene rings is 1. The highest BCUT2D eigenvalue weighted by Crippen LogP contribution is 2.57. The predicted molar refractivity (Wildman–Crippen MR) is 77.7 cm³/mol. The van der Waals surface area contributed by atoms with E-state index in [9.17, 15) is 9.90 Å². The zero-order chi connectivity index (χ0) is 13.7. The van der Waals surface area contributed by atoms with E-state index in [1.54, 1.807) is 0 Å². The fraction of sp³-hybridized carbons (Fsp3) is 0.611. The Balaban J connectivity index is 1.65. The van der Waals surface area contributed by atoms with Gasteiger partial charge in [-0.1, -0.05) is 24.6 Å². The van der Waals surface area contributed by atoms with Crippen molar-refractivity contribution < 1.29 is 9.90 Å². The lowest BCUT2D eigenvalue weighted by molar-refractivity contribution is -0.152. The number of hydrogen-bond acceptors (Lipinski definition) is 1. The number of aliphatic carboxylic acids is 1. The summed E-state index contributed by atoms with van der Waals surface area (Å²) in [6.07, 6.45) is 8.82. The zero-order valence-corrected chi connectivity index (χ0v) is 11.9. The second-order valence-electron chi connectivity index (χ2n) is 7.17. The number of fused-ring (bicyclic) bond motifs is 3. The summed E-state index contributed by atoms with van der Waals surface area (Å²) in [5, 5.41) is 9.84. The molecule has 20 heavy (non-hydrogen) atoms. The van der Waals surface area contributed by atoms with Gasteiger partial charge in [0.2, 0.25) is 0 Å². The number of rotatable bonds is 3. The Hall–Kier alpha value is -1.31. The Morgan fingerprint density at radius 1 is 1.25 bits per heavy atom. The summed E-state index contributed by atoms with van der Waals surface area (Å²) in [4.78, 5) is 12.0. The third-order valence-corrected chi connectivity index (χ3v) is 6.08. The molecule has 2 heteroatoms. The van der Waals surface area contributed by atoms with E-state index in [-0.39, 0.29) is 0 Å². The van der Waals surface area contributed by atoms with Gasteiger partial charge in [0.25, 0.3) is 0 Å². The van der Waals surface area contributed by atoms with Crippen molar-refractivity contribution in [2.75, 3.05) is 0 Å². The van der Waals surface area contributed by atoms with E-state index in [2.05, 4.69) is 18.2 Å². The van der Waals surface area contributed by atoms with Gasteiger partial charge in [-0.3, -0.25) is 4.79 Å². The molecule has 3 atom stereocenters. The molecule has 0 amide bonds. The van der Waals surface area contributed by atoms with Crippen LogP contribution in [0.15, 0.2) is 18.2 Å². The van der Waals surface area contributed by atoms with E-state index < -0.39 is 11.4 Å². The molecule has 0 spiro atoms. The maximum atomic E-state index is 12.0. The summed E-state index contributed by atoms with van der Waals surface area (Å²) < 4.78 is 0. The van der Waals surface area contributed by atoms with Gasteiger partial charge in [-0.05, 0) is 73.5 Å². The average Bonchev–Trinajstić information content (AvgIpc) is 3.12. The third kappa shape index (κ3) is 1.73. The van der Waals surface area contributed by atoms with Crippen LogP contribution < -0.4 is 0 Å². The monoisotopic (exact) mass is 270 g/mol. The minimum atomic E-state index is -0.551. The van der Waals surface area contributed by atoms with Crippen LogP contribution in [0.2, 0.25) is 0 Å². The van der Waals surface area contributed by atoms with E-state index in [1.807, 2.05) is 0 Å². The van der Waals surface area contributed by atoms with Crippen molar-refractivity contribution in [3.8, 4) is 0 Å². The molecule has 2 bridgehead atoms. The quantitative estimate of drug-likeness (QED) is 0.911. The van der Waals surface area contributed by atoms with Gasteiger partial charge in [0.1, 0.15) is 0 Å².